The molecule has 0 saturated carbocycles. The number of aromatic hydroxyl groups is 1. The van der Waals surface area contributed by atoms with Crippen LogP contribution in [-0.4, -0.2) is 57.2 Å². The molecule has 0 aliphatic carbocycles. The average Bonchev–Trinajstić information content (AvgIpc) is 2.64. The van der Waals surface area contributed by atoms with Crippen LogP contribution >= 0.6 is 0 Å². The van der Waals surface area contributed by atoms with Crippen molar-refractivity contribution >= 4 is 23.8 Å². The van der Waals surface area contributed by atoms with Gasteiger partial charge in [-0.15, -0.1) is 0 Å². The number of carbonyl (C=O) groups is 4. The van der Waals surface area contributed by atoms with Gasteiger partial charge in [0.05, 0.1) is 6.04 Å². The molecule has 0 aliphatic heterocycles. The van der Waals surface area contributed by atoms with Gasteiger partial charge in [-0.1, -0.05) is 26.0 Å². The van der Waals surface area contributed by atoms with Crippen molar-refractivity contribution in [3.63, 3.8) is 0 Å². The summed E-state index contributed by atoms with van der Waals surface area (Å²) in [6, 6.07) is 2.53. The number of carboxylic acids is 2. The summed E-state index contributed by atoms with van der Waals surface area (Å²) in [4.78, 5) is 47.0. The predicted molar refractivity (Wildman–Crippen MR) is 103 cm³/mol. The van der Waals surface area contributed by atoms with Crippen LogP contribution in [0.2, 0.25) is 0 Å². The monoisotopic (exact) mass is 409 g/mol. The number of nitrogens with two attached hydrogens (primary N) is 1. The maximum absolute atomic E-state index is 12.7. The number of phenolic OH excluding ortho intramolecular Hbond substituents is 1. The Kier molecular flexibility index (Phi) is 9.07. The molecular weight excluding hydrogens is 382 g/mol. The molecule has 0 fully saturated rings. The first-order valence-electron chi connectivity index (χ1n) is 9.10. The molecule has 0 heterocycles. The van der Waals surface area contributed by atoms with Crippen LogP contribution in [0.25, 0.3) is 0 Å². The number of phenols is 1. The molecule has 3 atom stereocenters. The summed E-state index contributed by atoms with van der Waals surface area (Å²) >= 11 is 0. The lowest BCUT2D eigenvalue weighted by Crippen LogP contribution is -2.56. The Balaban J connectivity index is 2.96. The van der Waals surface area contributed by atoms with E-state index in [4.69, 9.17) is 10.8 Å². The van der Waals surface area contributed by atoms with Gasteiger partial charge in [-0.05, 0) is 30.0 Å². The van der Waals surface area contributed by atoms with Crippen molar-refractivity contribution in [1.29, 1.82) is 0 Å². The number of benzene rings is 1. The fraction of sp³-hybridized carbons (Fsp3) is 0.474. The van der Waals surface area contributed by atoms with Gasteiger partial charge in [0.1, 0.15) is 17.8 Å². The van der Waals surface area contributed by atoms with Crippen molar-refractivity contribution in [2.75, 3.05) is 0 Å². The summed E-state index contributed by atoms with van der Waals surface area (Å²) in [5.41, 5.74) is 6.30. The van der Waals surface area contributed by atoms with Crippen molar-refractivity contribution in [3.8, 4) is 5.75 Å². The molecule has 1 aromatic rings. The lowest BCUT2D eigenvalue weighted by atomic mass is 10.0. The van der Waals surface area contributed by atoms with E-state index in [9.17, 15) is 29.4 Å². The van der Waals surface area contributed by atoms with Gasteiger partial charge in [0.2, 0.25) is 11.8 Å². The number of carboxylic acid groups (broad SMARTS) is 2. The van der Waals surface area contributed by atoms with Crippen LogP contribution in [0.1, 0.15) is 32.3 Å². The second kappa shape index (κ2) is 11.0. The molecule has 1 rings (SSSR count). The minimum Gasteiger partial charge on any atom is -0.508 e. The number of carbonyl (C=O) groups excluding carboxylic acids is 2. The molecule has 0 radical (unpaired) electrons. The van der Waals surface area contributed by atoms with E-state index in [1.807, 2.05) is 0 Å². The molecule has 2 amide bonds. The van der Waals surface area contributed by atoms with Crippen molar-refractivity contribution in [1.82, 2.24) is 10.6 Å². The summed E-state index contributed by atoms with van der Waals surface area (Å²) < 4.78 is 0. The van der Waals surface area contributed by atoms with Crippen molar-refractivity contribution in [2.45, 2.75) is 51.2 Å². The number of nitrogens with one attached hydrogen (secondary N) is 2. The zero-order valence-corrected chi connectivity index (χ0v) is 16.3. The smallest absolute Gasteiger partial charge is 0.326 e. The van der Waals surface area contributed by atoms with Crippen LogP contribution in [-0.2, 0) is 25.6 Å². The van der Waals surface area contributed by atoms with E-state index < -0.39 is 41.9 Å². The Morgan fingerprint density at radius 3 is 2.07 bits per heavy atom. The van der Waals surface area contributed by atoms with E-state index >= 15 is 0 Å². The highest BCUT2D eigenvalue weighted by Gasteiger charge is 2.29. The van der Waals surface area contributed by atoms with Crippen LogP contribution in [0.4, 0.5) is 0 Å². The zero-order valence-electron chi connectivity index (χ0n) is 16.3. The molecule has 0 aromatic heterocycles. The quantitative estimate of drug-likeness (QED) is 0.292. The fourth-order valence-corrected chi connectivity index (χ4v) is 2.53. The van der Waals surface area contributed by atoms with Crippen LogP contribution < -0.4 is 16.4 Å². The Hall–Kier alpha value is -3.14. The molecule has 0 aliphatic rings. The third kappa shape index (κ3) is 8.18. The third-order valence-corrected chi connectivity index (χ3v) is 4.25. The van der Waals surface area contributed by atoms with E-state index in [1.165, 1.54) is 12.1 Å². The predicted octanol–water partition coefficient (Wildman–Crippen LogP) is -0.163. The number of hydrogen-bond donors (Lipinski definition) is 6. The first-order chi connectivity index (χ1) is 13.5. The molecule has 0 bridgehead atoms. The third-order valence-electron chi connectivity index (χ3n) is 4.25. The van der Waals surface area contributed by atoms with Crippen LogP contribution in [0.15, 0.2) is 24.3 Å². The summed E-state index contributed by atoms with van der Waals surface area (Å²) in [5, 5.41) is 32.2. The van der Waals surface area contributed by atoms with E-state index in [0.29, 0.717) is 5.56 Å². The van der Waals surface area contributed by atoms with Crippen molar-refractivity contribution in [3.05, 3.63) is 29.8 Å². The van der Waals surface area contributed by atoms with Gasteiger partial charge in [-0.25, -0.2) is 4.79 Å². The largest absolute Gasteiger partial charge is 0.508 e. The summed E-state index contributed by atoms with van der Waals surface area (Å²) in [7, 11) is 0. The van der Waals surface area contributed by atoms with E-state index in [0.717, 1.165) is 0 Å². The Labute approximate surface area is 168 Å². The summed E-state index contributed by atoms with van der Waals surface area (Å²) in [6.45, 7) is 3.27. The Bertz CT molecular complexity index is 734. The minimum absolute atomic E-state index is 0.0218. The molecule has 29 heavy (non-hydrogen) atoms. The normalized spacial score (nSPS) is 13.9. The maximum atomic E-state index is 12.7. The molecule has 0 saturated heterocycles. The lowest BCUT2D eigenvalue weighted by Gasteiger charge is -2.24. The molecular formula is C19H27N3O7. The topological polar surface area (TPSA) is 179 Å². The molecule has 0 spiro atoms. The molecule has 160 valence electrons. The lowest BCUT2D eigenvalue weighted by molar-refractivity contribution is -0.143. The van der Waals surface area contributed by atoms with Gasteiger partial charge in [-0.2, -0.15) is 0 Å². The zero-order chi connectivity index (χ0) is 22.1. The van der Waals surface area contributed by atoms with Crippen molar-refractivity contribution in [2.24, 2.45) is 11.7 Å². The van der Waals surface area contributed by atoms with Gasteiger partial charge >= 0.3 is 11.9 Å². The molecule has 10 heteroatoms. The standard InChI is InChI=1S/C19H27N3O7/c1-10(2)16(19(28)29)22-18(27)14(9-11-3-5-12(23)6-4-11)21-17(26)13(20)7-8-15(24)25/h3-6,10,13-14,16,23H,7-9,20H2,1-2H3,(H,21,26)(H,22,27)(H,24,25)(H,28,29)/t13-,14-,16+/m1/s1. The molecule has 10 nitrogen and oxygen atoms in total. The average molecular weight is 409 g/mol. The number of aliphatic carboxylic acids is 2. The Morgan fingerprint density at radius 2 is 1.59 bits per heavy atom. The van der Waals surface area contributed by atoms with Crippen LogP contribution in [0, 0.1) is 5.92 Å². The van der Waals surface area contributed by atoms with E-state index in [2.05, 4.69) is 10.6 Å². The molecule has 0 unspecified atom stereocenters. The second-order valence-corrected chi connectivity index (χ2v) is 7.04. The SMILES string of the molecule is CC(C)[C@H](NC(=O)[C@@H](Cc1ccc(O)cc1)NC(=O)[C@H](N)CCC(=O)O)C(=O)O. The number of rotatable bonds is 11. The highest BCUT2D eigenvalue weighted by molar-refractivity contribution is 5.92. The molecule has 1 aromatic carbocycles. The minimum atomic E-state index is -1.21. The first-order valence-corrected chi connectivity index (χ1v) is 9.10. The van der Waals surface area contributed by atoms with Gasteiger partial charge < -0.3 is 31.7 Å². The second-order valence-electron chi connectivity index (χ2n) is 7.04. The fourth-order valence-electron chi connectivity index (χ4n) is 2.53. The van der Waals surface area contributed by atoms with Crippen molar-refractivity contribution < 1.29 is 34.5 Å². The maximum Gasteiger partial charge on any atom is 0.326 e. The number of amides is 2. The van der Waals surface area contributed by atoms with Gasteiger partial charge in [0.15, 0.2) is 0 Å². The highest BCUT2D eigenvalue weighted by atomic mass is 16.4. The van der Waals surface area contributed by atoms with Crippen LogP contribution in [0.3, 0.4) is 0 Å². The summed E-state index contributed by atoms with van der Waals surface area (Å²) in [6.07, 6.45) is -0.399. The molecule has 7 N–H and O–H groups in total. The van der Waals surface area contributed by atoms with Gasteiger partial charge in [-0.3, -0.25) is 14.4 Å². The van der Waals surface area contributed by atoms with Gasteiger partial charge in [0.25, 0.3) is 0 Å². The van der Waals surface area contributed by atoms with E-state index in [-0.39, 0.29) is 30.9 Å². The van der Waals surface area contributed by atoms with E-state index in [1.54, 1.807) is 26.0 Å². The highest BCUT2D eigenvalue weighted by Crippen LogP contribution is 2.12. The summed E-state index contributed by atoms with van der Waals surface area (Å²) in [5.74, 6) is -4.10. The first kappa shape index (κ1) is 23.9. The van der Waals surface area contributed by atoms with Gasteiger partial charge in [0, 0.05) is 12.8 Å². The number of hydrogen-bond acceptors (Lipinski definition) is 6. The Morgan fingerprint density at radius 1 is 1.00 bits per heavy atom. The van der Waals surface area contributed by atoms with Crippen LogP contribution in [0.5, 0.6) is 5.75 Å².